The highest BCUT2D eigenvalue weighted by atomic mass is 16.6. The fourth-order valence-corrected chi connectivity index (χ4v) is 3.02. The molecule has 0 radical (unpaired) electrons. The fourth-order valence-electron chi connectivity index (χ4n) is 3.02. The molecule has 2 aromatic heterocycles. The summed E-state index contributed by atoms with van der Waals surface area (Å²) in [6.07, 6.45) is 3.53. The van der Waals surface area contributed by atoms with Gasteiger partial charge in [0.15, 0.2) is 12.4 Å². The highest BCUT2D eigenvalue weighted by Crippen LogP contribution is 2.23. The van der Waals surface area contributed by atoms with Gasteiger partial charge in [-0.3, -0.25) is 10.1 Å². The van der Waals surface area contributed by atoms with Crippen molar-refractivity contribution < 1.29 is 14.0 Å². The van der Waals surface area contributed by atoms with Crippen LogP contribution in [0.25, 0.3) is 22.3 Å². The van der Waals surface area contributed by atoms with Gasteiger partial charge in [0.25, 0.3) is 0 Å². The molecule has 0 amide bonds. The minimum Gasteiger partial charge on any atom is -0.398 e. The number of pyridine rings is 1. The molecule has 0 atom stereocenters. The van der Waals surface area contributed by atoms with Crippen LogP contribution in [0.1, 0.15) is 0 Å². The maximum absolute atomic E-state index is 12.7. The number of benzene rings is 2. The van der Waals surface area contributed by atoms with Crippen LogP contribution in [0.3, 0.4) is 0 Å². The zero-order chi connectivity index (χ0) is 19.0. The Morgan fingerprint density at radius 1 is 0.963 bits per heavy atom. The first kappa shape index (κ1) is 16.4. The van der Waals surface area contributed by atoms with Crippen LogP contribution in [0.5, 0.6) is 0 Å². The molecule has 0 saturated carbocycles. The molecule has 8 nitrogen and oxygen atoms in total. The first-order valence-electron chi connectivity index (χ1n) is 8.15. The second-order valence-electron chi connectivity index (χ2n) is 5.93. The Kier molecular flexibility index (Phi) is 3.85. The maximum Gasteiger partial charge on any atom is 0.580 e. The number of nitrogens with zero attached hydrogens (tertiary/aromatic N) is 4. The summed E-state index contributed by atoms with van der Waals surface area (Å²) < 4.78 is 3.39. The lowest BCUT2D eigenvalue weighted by Gasteiger charge is -2.05. The van der Waals surface area contributed by atoms with Gasteiger partial charge in [-0.2, -0.15) is 4.57 Å². The second kappa shape index (κ2) is 6.34. The standard InChI is InChI=1S/C19H14N5O3/c20-14-9-11-21(12-10-14)17-7-4-8-18-16(17)13-19(24(26)27)23(25)22(18)15-5-2-1-3-6-15/h1-13,20H/q+1/p+1. The van der Waals surface area contributed by atoms with Crippen LogP contribution >= 0.6 is 0 Å². The van der Waals surface area contributed by atoms with Crippen molar-refractivity contribution in [3.63, 3.8) is 0 Å². The minimum atomic E-state index is -0.684. The van der Waals surface area contributed by atoms with Gasteiger partial charge < -0.3 is 5.73 Å². The molecular formula is C19H15N5O3+2. The SMILES string of the molecule is Nc1cc[n+](-c2cccc3c2cc([N+](=O)[O-])[n+](=O)n3-c2ccccc2)cc1. The van der Waals surface area contributed by atoms with Crippen LogP contribution in [0.4, 0.5) is 11.5 Å². The molecule has 4 aromatic rings. The number of nitro groups is 1. The summed E-state index contributed by atoms with van der Waals surface area (Å²) in [7, 11) is 0. The van der Waals surface area contributed by atoms with E-state index in [4.69, 9.17) is 5.73 Å². The van der Waals surface area contributed by atoms with E-state index in [1.807, 2.05) is 12.1 Å². The Bertz CT molecular complexity index is 1220. The van der Waals surface area contributed by atoms with Gasteiger partial charge in [-0.25, -0.2) is 0 Å². The van der Waals surface area contributed by atoms with Gasteiger partial charge in [-0.1, -0.05) is 28.9 Å². The molecule has 0 spiro atoms. The Morgan fingerprint density at radius 2 is 1.67 bits per heavy atom. The molecule has 0 aliphatic carbocycles. The smallest absolute Gasteiger partial charge is 0.398 e. The van der Waals surface area contributed by atoms with Gasteiger partial charge in [0, 0.05) is 23.9 Å². The third kappa shape index (κ3) is 2.78. The van der Waals surface area contributed by atoms with Crippen LogP contribution in [0.15, 0.2) is 79.1 Å². The van der Waals surface area contributed by atoms with E-state index < -0.39 is 10.7 Å². The number of anilines is 1. The Labute approximate surface area is 153 Å². The van der Waals surface area contributed by atoms with E-state index in [-0.39, 0.29) is 0 Å². The van der Waals surface area contributed by atoms with E-state index in [1.165, 1.54) is 10.7 Å². The quantitative estimate of drug-likeness (QED) is 0.344. The molecular weight excluding hydrogens is 346 g/mol. The number of rotatable bonds is 3. The lowest BCUT2D eigenvalue weighted by molar-refractivity contribution is -0.646. The van der Waals surface area contributed by atoms with Crippen LogP contribution in [0, 0.1) is 15.0 Å². The van der Waals surface area contributed by atoms with Gasteiger partial charge >= 0.3 is 5.82 Å². The monoisotopic (exact) mass is 361 g/mol. The third-order valence-electron chi connectivity index (χ3n) is 4.26. The summed E-state index contributed by atoms with van der Waals surface area (Å²) in [6.45, 7) is 0. The summed E-state index contributed by atoms with van der Waals surface area (Å²) >= 11 is 0. The van der Waals surface area contributed by atoms with Gasteiger partial charge in [0.1, 0.15) is 22.2 Å². The second-order valence-corrected chi connectivity index (χ2v) is 5.93. The van der Waals surface area contributed by atoms with Crippen LogP contribution < -0.4 is 14.8 Å². The lowest BCUT2D eigenvalue weighted by atomic mass is 10.1. The van der Waals surface area contributed by atoms with Crippen LogP contribution in [-0.2, 0) is 0 Å². The molecule has 2 heterocycles. The normalized spacial score (nSPS) is 10.8. The van der Waals surface area contributed by atoms with Crippen LogP contribution in [-0.4, -0.2) is 9.61 Å². The predicted molar refractivity (Wildman–Crippen MR) is 99.2 cm³/mol. The highest BCUT2D eigenvalue weighted by Gasteiger charge is 2.31. The number of aromatic nitrogens is 3. The topological polar surface area (TPSA) is 101 Å². The zero-order valence-electron chi connectivity index (χ0n) is 14.1. The predicted octanol–water partition coefficient (Wildman–Crippen LogP) is 2.31. The van der Waals surface area contributed by atoms with Crippen molar-refractivity contribution in [2.45, 2.75) is 0 Å². The van der Waals surface area contributed by atoms with Crippen LogP contribution in [0.2, 0.25) is 0 Å². The number of nitrogens with two attached hydrogens (primary N) is 1. The minimum absolute atomic E-state index is 0.301. The van der Waals surface area contributed by atoms with Gasteiger partial charge in [0.05, 0.1) is 10.3 Å². The molecule has 0 aliphatic rings. The summed E-state index contributed by atoms with van der Waals surface area (Å²) in [5.41, 5.74) is 8.12. The number of para-hydroxylation sites is 1. The van der Waals surface area contributed by atoms with Crippen molar-refractivity contribution in [2.24, 2.45) is 0 Å². The molecule has 27 heavy (non-hydrogen) atoms. The molecule has 0 bridgehead atoms. The van der Waals surface area contributed by atoms with E-state index in [0.717, 1.165) is 0 Å². The van der Waals surface area contributed by atoms with E-state index in [2.05, 4.69) is 0 Å². The number of fused-ring (bicyclic) bond motifs is 1. The Morgan fingerprint density at radius 3 is 2.33 bits per heavy atom. The molecule has 0 saturated heterocycles. The summed E-state index contributed by atoms with van der Waals surface area (Å²) in [4.78, 5) is 23.5. The molecule has 132 valence electrons. The number of nitrogen functional groups attached to an aromatic ring is 1. The summed E-state index contributed by atoms with van der Waals surface area (Å²) in [5, 5.41) is 12.1. The van der Waals surface area contributed by atoms with Gasteiger partial charge in [0.2, 0.25) is 10.2 Å². The van der Waals surface area contributed by atoms with Gasteiger partial charge in [-0.05, 0) is 18.2 Å². The van der Waals surface area contributed by atoms with Crippen molar-refractivity contribution in [3.8, 4) is 11.4 Å². The van der Waals surface area contributed by atoms with Crippen molar-refractivity contribution in [1.29, 1.82) is 0 Å². The molecule has 0 fully saturated rings. The molecule has 2 N–H and O–H groups in total. The Hall–Kier alpha value is -4.07. The highest BCUT2D eigenvalue weighted by molar-refractivity contribution is 5.87. The van der Waals surface area contributed by atoms with Crippen molar-refractivity contribution in [2.75, 3.05) is 5.73 Å². The van der Waals surface area contributed by atoms with Crippen molar-refractivity contribution in [3.05, 3.63) is 94.1 Å². The number of hydrogen-bond acceptors (Lipinski definition) is 4. The molecule has 0 aliphatic heterocycles. The average molecular weight is 361 g/mol. The zero-order valence-corrected chi connectivity index (χ0v) is 14.1. The Balaban J connectivity index is 2.13. The maximum atomic E-state index is 12.7. The first-order valence-corrected chi connectivity index (χ1v) is 8.15. The summed E-state index contributed by atoms with van der Waals surface area (Å²) in [5.74, 6) is -0.560. The molecule has 0 unspecified atom stereocenters. The first-order chi connectivity index (χ1) is 13.1. The average Bonchev–Trinajstić information content (AvgIpc) is 2.68. The van der Waals surface area contributed by atoms with E-state index in [1.54, 1.807) is 65.5 Å². The number of hydrogen-bond donors (Lipinski definition) is 1. The van der Waals surface area contributed by atoms with Crippen molar-refractivity contribution in [1.82, 2.24) is 4.68 Å². The van der Waals surface area contributed by atoms with Gasteiger partial charge in [-0.15, -0.1) is 0 Å². The molecule has 8 heteroatoms. The van der Waals surface area contributed by atoms with E-state index in [9.17, 15) is 15.0 Å². The van der Waals surface area contributed by atoms with E-state index >= 15 is 0 Å². The fraction of sp³-hybridized carbons (Fsp3) is 0. The molecule has 4 rings (SSSR count). The van der Waals surface area contributed by atoms with E-state index in [0.29, 0.717) is 32.5 Å². The molecule has 2 aromatic carbocycles. The summed E-state index contributed by atoms with van der Waals surface area (Å²) in [6, 6.07) is 18.9. The van der Waals surface area contributed by atoms with Crippen molar-refractivity contribution >= 4 is 22.4 Å². The largest absolute Gasteiger partial charge is 0.580 e. The third-order valence-corrected chi connectivity index (χ3v) is 4.26. The lowest BCUT2D eigenvalue weighted by Crippen LogP contribution is -2.34.